The lowest BCUT2D eigenvalue weighted by Gasteiger charge is -2.30. The lowest BCUT2D eigenvalue weighted by atomic mass is 10.0. The van der Waals surface area contributed by atoms with E-state index in [1.54, 1.807) is 44.0 Å². The fraction of sp³-hybridized carbons (Fsp3) is 0.440. The van der Waals surface area contributed by atoms with Gasteiger partial charge in [0.25, 0.3) is 5.91 Å². The molecule has 2 atom stereocenters. The maximum atomic E-state index is 13.5. The fourth-order valence-electron chi connectivity index (χ4n) is 4.00. The molecule has 0 fully saturated rings. The van der Waals surface area contributed by atoms with E-state index in [4.69, 9.17) is 15.2 Å². The molecule has 13 heteroatoms. The largest absolute Gasteiger partial charge is 0.427 e. The first-order valence-electron chi connectivity index (χ1n) is 12.2. The molecule has 0 saturated heterocycles. The number of hydrogen-bond donors (Lipinski definition) is 3. The van der Waals surface area contributed by atoms with Crippen molar-refractivity contribution in [1.29, 1.82) is 0 Å². The van der Waals surface area contributed by atoms with Crippen LogP contribution in [0.3, 0.4) is 0 Å². The van der Waals surface area contributed by atoms with E-state index in [0.29, 0.717) is 41.2 Å². The Morgan fingerprint density at radius 2 is 1.87 bits per heavy atom. The highest BCUT2D eigenvalue weighted by atomic mass is 16.7. The van der Waals surface area contributed by atoms with Crippen molar-refractivity contribution < 1.29 is 28.7 Å². The van der Waals surface area contributed by atoms with Gasteiger partial charge in [-0.1, -0.05) is 6.07 Å². The van der Waals surface area contributed by atoms with Crippen LogP contribution in [0.25, 0.3) is 0 Å². The molecule has 2 unspecified atom stereocenters. The number of amidine groups is 1. The molecule has 3 amide bonds. The minimum Gasteiger partial charge on any atom is -0.427 e. The predicted molar refractivity (Wildman–Crippen MR) is 140 cm³/mol. The van der Waals surface area contributed by atoms with Crippen LogP contribution >= 0.6 is 0 Å². The Labute approximate surface area is 220 Å². The van der Waals surface area contributed by atoms with E-state index in [1.807, 2.05) is 6.92 Å². The normalized spacial score (nSPS) is 16.8. The maximum Gasteiger partial charge on any atom is 0.423 e. The number of anilines is 1. The molecule has 0 aliphatic carbocycles. The van der Waals surface area contributed by atoms with Gasteiger partial charge in [0.1, 0.15) is 18.1 Å². The van der Waals surface area contributed by atoms with Gasteiger partial charge in [0.2, 0.25) is 12.7 Å². The van der Waals surface area contributed by atoms with Gasteiger partial charge in [-0.2, -0.15) is 5.10 Å². The molecule has 2 aliphatic heterocycles. The van der Waals surface area contributed by atoms with Crippen molar-refractivity contribution in [2.24, 2.45) is 21.7 Å². The highest BCUT2D eigenvalue weighted by Gasteiger charge is 2.41. The van der Waals surface area contributed by atoms with Crippen molar-refractivity contribution in [1.82, 2.24) is 15.6 Å². The summed E-state index contributed by atoms with van der Waals surface area (Å²) in [6.07, 6.45) is 0.348. The van der Waals surface area contributed by atoms with Gasteiger partial charge >= 0.3 is 12.1 Å². The van der Waals surface area contributed by atoms with Crippen LogP contribution in [0.5, 0.6) is 0 Å². The van der Waals surface area contributed by atoms with Gasteiger partial charge in [-0.25, -0.2) is 14.7 Å². The number of nitrogens with zero attached hydrogens (tertiary/aromatic N) is 4. The predicted octanol–water partition coefficient (Wildman–Crippen LogP) is 1.23. The number of rotatable bonds is 8. The lowest BCUT2D eigenvalue weighted by molar-refractivity contribution is -0.152. The van der Waals surface area contributed by atoms with Crippen LogP contribution in [0.4, 0.5) is 10.5 Å². The number of carbonyl (C=O) groups excluding carboxylic acids is 4. The molecule has 0 spiro atoms. The number of nitrogens with two attached hydrogens (primary N) is 1. The monoisotopic (exact) mass is 527 g/mol. The van der Waals surface area contributed by atoms with Gasteiger partial charge in [0.05, 0.1) is 18.2 Å². The Kier molecular flexibility index (Phi) is 9.18. The Balaban J connectivity index is 2.07. The number of carbonyl (C=O) groups is 4. The first-order chi connectivity index (χ1) is 18.1. The van der Waals surface area contributed by atoms with Crippen molar-refractivity contribution in [3.8, 4) is 0 Å². The average Bonchev–Trinajstić information content (AvgIpc) is 3.22. The summed E-state index contributed by atoms with van der Waals surface area (Å²) in [5.41, 5.74) is 7.87. The third-order valence-electron chi connectivity index (χ3n) is 5.96. The highest BCUT2D eigenvalue weighted by molar-refractivity contribution is 6.24. The average molecular weight is 528 g/mol. The Hall–Kier alpha value is -4.26. The summed E-state index contributed by atoms with van der Waals surface area (Å²) in [7, 11) is 0. The number of nitrogens with one attached hydrogen (secondary N) is 2. The van der Waals surface area contributed by atoms with Gasteiger partial charge in [-0.3, -0.25) is 19.4 Å². The van der Waals surface area contributed by atoms with Crippen molar-refractivity contribution >= 4 is 41.7 Å². The van der Waals surface area contributed by atoms with Gasteiger partial charge in [0.15, 0.2) is 5.84 Å². The molecule has 2 aliphatic rings. The van der Waals surface area contributed by atoms with Crippen LogP contribution < -0.4 is 21.3 Å². The number of esters is 1. The second-order valence-corrected chi connectivity index (χ2v) is 8.72. The maximum absolute atomic E-state index is 13.5. The number of benzene rings is 1. The van der Waals surface area contributed by atoms with Crippen LogP contribution in [0, 0.1) is 12.8 Å². The highest BCUT2D eigenvalue weighted by Crippen LogP contribution is 2.34. The lowest BCUT2D eigenvalue weighted by Crippen LogP contribution is -2.43. The molecule has 0 bridgehead atoms. The van der Waals surface area contributed by atoms with E-state index in [1.165, 1.54) is 18.2 Å². The molecule has 2 heterocycles. The zero-order chi connectivity index (χ0) is 28.0. The van der Waals surface area contributed by atoms with E-state index in [0.717, 1.165) is 0 Å². The summed E-state index contributed by atoms with van der Waals surface area (Å²) < 4.78 is 10.2. The molecule has 0 radical (unpaired) electrons. The van der Waals surface area contributed by atoms with Crippen molar-refractivity contribution in [3.63, 3.8) is 0 Å². The fourth-order valence-corrected chi connectivity index (χ4v) is 4.00. The Bertz CT molecular complexity index is 1210. The van der Waals surface area contributed by atoms with Crippen molar-refractivity contribution in [2.45, 2.75) is 40.7 Å². The molecule has 1 aromatic carbocycles. The summed E-state index contributed by atoms with van der Waals surface area (Å²) in [4.78, 5) is 56.1. The molecule has 38 heavy (non-hydrogen) atoms. The second kappa shape index (κ2) is 12.3. The van der Waals surface area contributed by atoms with Crippen LogP contribution in [-0.2, 0) is 19.1 Å². The molecule has 13 nitrogen and oxygen atoms in total. The third kappa shape index (κ3) is 5.99. The SMILES string of the molecule is CCNC(=O)c1ccc(C)c(N(C(=O)OCOC(=O)C(C)N)C2=NC=NN3CC(C(=O)NCC)C(C)=C23)c1. The second-order valence-electron chi connectivity index (χ2n) is 8.72. The van der Waals surface area contributed by atoms with Crippen LogP contribution in [0.2, 0.25) is 0 Å². The smallest absolute Gasteiger partial charge is 0.423 e. The van der Waals surface area contributed by atoms with Crippen molar-refractivity contribution in [3.05, 3.63) is 40.6 Å². The standard InChI is InChI=1S/C25H33N7O6/c1-6-27-22(33)17-9-8-14(3)19(10-17)32(25(36)38-13-37-24(35)16(5)26)21-20-15(4)18(23(34)28-7-2)11-31(20)30-12-29-21/h8-10,12,16,18H,6-7,11,13,26H2,1-5H3,(H,27,33)(H,28,34). The number of hydrogen-bond acceptors (Lipinski definition) is 10. The van der Waals surface area contributed by atoms with Gasteiger partial charge < -0.3 is 25.8 Å². The van der Waals surface area contributed by atoms with E-state index in [9.17, 15) is 19.2 Å². The summed E-state index contributed by atoms with van der Waals surface area (Å²) >= 11 is 0. The molecular weight excluding hydrogens is 494 g/mol. The summed E-state index contributed by atoms with van der Waals surface area (Å²) in [5.74, 6) is -1.62. The van der Waals surface area contributed by atoms with E-state index >= 15 is 0 Å². The first kappa shape index (κ1) is 28.3. The number of aryl methyl sites for hydroxylation is 1. The van der Waals surface area contributed by atoms with E-state index < -0.39 is 30.8 Å². The number of aliphatic imine (C=N–C) groups is 1. The number of hydrazone groups is 1. The minimum atomic E-state index is -0.922. The Morgan fingerprint density at radius 3 is 2.53 bits per heavy atom. The minimum absolute atomic E-state index is 0.143. The van der Waals surface area contributed by atoms with Crippen LogP contribution in [0.15, 0.2) is 39.6 Å². The quantitative estimate of drug-likeness (QED) is 0.335. The summed E-state index contributed by atoms with van der Waals surface area (Å²) in [6.45, 7) is 9.06. The van der Waals surface area contributed by atoms with Gasteiger partial charge in [-0.05, 0) is 57.9 Å². The zero-order valence-corrected chi connectivity index (χ0v) is 22.1. The molecular formula is C25H33N7O6. The number of ether oxygens (including phenoxy) is 2. The summed E-state index contributed by atoms with van der Waals surface area (Å²) in [6, 6.07) is 3.98. The topological polar surface area (TPSA) is 168 Å². The van der Waals surface area contributed by atoms with Crippen LogP contribution in [-0.4, -0.2) is 73.5 Å². The zero-order valence-electron chi connectivity index (χ0n) is 22.1. The molecule has 0 aromatic heterocycles. The Morgan fingerprint density at radius 1 is 1.16 bits per heavy atom. The third-order valence-corrected chi connectivity index (χ3v) is 5.96. The van der Waals surface area contributed by atoms with Gasteiger partial charge in [-0.15, -0.1) is 0 Å². The van der Waals surface area contributed by atoms with Crippen molar-refractivity contribution in [2.75, 3.05) is 31.3 Å². The molecule has 1 aromatic rings. The van der Waals surface area contributed by atoms with E-state index in [2.05, 4.69) is 20.7 Å². The number of fused-ring (bicyclic) bond motifs is 1. The molecule has 3 rings (SSSR count). The molecule has 204 valence electrons. The van der Waals surface area contributed by atoms with Gasteiger partial charge in [0, 0.05) is 18.7 Å². The van der Waals surface area contributed by atoms with E-state index in [-0.39, 0.29) is 24.2 Å². The van der Waals surface area contributed by atoms with Crippen LogP contribution in [0.1, 0.15) is 43.6 Å². The first-order valence-corrected chi connectivity index (χ1v) is 12.2. The number of amides is 3. The molecule has 4 N–H and O–H groups in total. The molecule has 0 saturated carbocycles. The summed E-state index contributed by atoms with van der Waals surface area (Å²) in [5, 5.41) is 11.4.